The van der Waals surface area contributed by atoms with Gasteiger partial charge in [-0.1, -0.05) is 0 Å². The number of nitrogens with zero attached hydrogens (tertiary/aromatic N) is 1. The van der Waals surface area contributed by atoms with Crippen LogP contribution in [-0.4, -0.2) is 28.4 Å². The van der Waals surface area contributed by atoms with Gasteiger partial charge in [0.15, 0.2) is 0 Å². The van der Waals surface area contributed by atoms with E-state index >= 15 is 0 Å². The third-order valence-corrected chi connectivity index (χ3v) is 1.53. The normalized spacial score (nSPS) is 9.62. The zero-order valence-corrected chi connectivity index (χ0v) is 6.97. The van der Waals surface area contributed by atoms with Gasteiger partial charge in [-0.2, -0.15) is 0 Å². The molecule has 0 atom stereocenters. The van der Waals surface area contributed by atoms with Crippen molar-refractivity contribution in [2.45, 2.75) is 0 Å². The minimum Gasteiger partial charge on any atom is -0.395 e. The van der Waals surface area contributed by atoms with Gasteiger partial charge >= 0.3 is 5.69 Å². The van der Waals surface area contributed by atoms with Crippen LogP contribution in [0.1, 0.15) is 0 Å². The van der Waals surface area contributed by atoms with E-state index in [1.165, 1.54) is 12.1 Å². The minimum atomic E-state index is -0.199. The van der Waals surface area contributed by atoms with Gasteiger partial charge < -0.3 is 10.4 Å². The molecule has 5 nitrogen and oxygen atoms in total. The first-order chi connectivity index (χ1) is 6.24. The van der Waals surface area contributed by atoms with E-state index in [0.717, 1.165) is 5.69 Å². The molecule has 0 unspecified atom stereocenters. The second kappa shape index (κ2) is 4.42. The Kier molecular flexibility index (Phi) is 3.22. The highest BCUT2D eigenvalue weighted by Crippen LogP contribution is 2.14. The molecule has 0 aliphatic carbocycles. The van der Waals surface area contributed by atoms with Crippen molar-refractivity contribution in [1.82, 2.24) is 0 Å². The molecule has 0 aliphatic heterocycles. The molecule has 0 saturated heterocycles. The summed E-state index contributed by atoms with van der Waals surface area (Å²) < 4.78 is 0. The van der Waals surface area contributed by atoms with Gasteiger partial charge in [0.2, 0.25) is 0 Å². The maximum absolute atomic E-state index is 10.4. The zero-order valence-electron chi connectivity index (χ0n) is 6.97. The lowest BCUT2D eigenvalue weighted by Gasteiger charge is -2.01. The van der Waals surface area contributed by atoms with Crippen LogP contribution < -0.4 is 5.32 Å². The van der Waals surface area contributed by atoms with E-state index in [9.17, 15) is 4.91 Å². The van der Waals surface area contributed by atoms with E-state index in [1.807, 2.05) is 0 Å². The Morgan fingerprint density at radius 2 is 1.92 bits per heavy atom. The number of rotatable bonds is 4. The summed E-state index contributed by atoms with van der Waals surface area (Å²) in [4.78, 5) is 10.2. The Balaban J connectivity index is 2.64. The molecule has 3 N–H and O–H groups in total. The molecular formula is C8H11N2O3+. The zero-order chi connectivity index (χ0) is 9.68. The molecule has 0 spiro atoms. The van der Waals surface area contributed by atoms with Gasteiger partial charge in [0, 0.05) is 24.4 Å². The van der Waals surface area contributed by atoms with Gasteiger partial charge in [-0.15, -0.1) is 0 Å². The smallest absolute Gasteiger partial charge is 0.316 e. The van der Waals surface area contributed by atoms with Gasteiger partial charge in [0.25, 0.3) is 4.92 Å². The highest BCUT2D eigenvalue weighted by atomic mass is 16.6. The second-order valence-electron chi connectivity index (χ2n) is 2.47. The molecule has 5 heteroatoms. The molecule has 0 saturated carbocycles. The third-order valence-electron chi connectivity index (χ3n) is 1.53. The molecule has 13 heavy (non-hydrogen) atoms. The van der Waals surface area contributed by atoms with Crippen LogP contribution in [0.5, 0.6) is 0 Å². The topological polar surface area (TPSA) is 72.6 Å². The number of nitrogens with one attached hydrogen (secondary N) is 1. The van der Waals surface area contributed by atoms with Crippen LogP contribution in [0.15, 0.2) is 24.3 Å². The van der Waals surface area contributed by atoms with E-state index in [0.29, 0.717) is 6.54 Å². The van der Waals surface area contributed by atoms with Gasteiger partial charge in [0.05, 0.1) is 11.5 Å². The maximum Gasteiger partial charge on any atom is 0.316 e. The largest absolute Gasteiger partial charge is 0.395 e. The molecule has 0 aliphatic rings. The lowest BCUT2D eigenvalue weighted by atomic mass is 10.3. The molecule has 0 aromatic heterocycles. The first-order valence-electron chi connectivity index (χ1n) is 3.85. The summed E-state index contributed by atoms with van der Waals surface area (Å²) in [6.07, 6.45) is 0. The average molecular weight is 183 g/mol. The molecule has 1 rings (SSSR count). The Morgan fingerprint density at radius 3 is 2.38 bits per heavy atom. The van der Waals surface area contributed by atoms with Gasteiger partial charge in [-0.25, -0.2) is 5.21 Å². The number of aliphatic hydroxyl groups excluding tert-OH is 1. The molecule has 0 heterocycles. The number of anilines is 1. The summed E-state index contributed by atoms with van der Waals surface area (Å²) in [7, 11) is 0. The first kappa shape index (κ1) is 9.47. The monoisotopic (exact) mass is 183 g/mol. The molecule has 1 aromatic carbocycles. The fourth-order valence-corrected chi connectivity index (χ4v) is 0.907. The SMILES string of the molecule is O=[N+](O)c1ccc(NCCO)cc1. The summed E-state index contributed by atoms with van der Waals surface area (Å²) in [5.74, 6) is 0. The third kappa shape index (κ3) is 2.72. The van der Waals surface area contributed by atoms with Crippen molar-refractivity contribution in [3.05, 3.63) is 29.2 Å². The lowest BCUT2D eigenvalue weighted by Crippen LogP contribution is -2.05. The molecule has 0 bridgehead atoms. The summed E-state index contributed by atoms with van der Waals surface area (Å²) in [5, 5.41) is 19.9. The van der Waals surface area contributed by atoms with E-state index < -0.39 is 0 Å². The van der Waals surface area contributed by atoms with Crippen molar-refractivity contribution in [1.29, 1.82) is 0 Å². The second-order valence-corrected chi connectivity index (χ2v) is 2.47. The Morgan fingerprint density at radius 1 is 1.31 bits per heavy atom. The van der Waals surface area contributed by atoms with Crippen molar-refractivity contribution >= 4 is 11.4 Å². The van der Waals surface area contributed by atoms with E-state index in [-0.39, 0.29) is 17.2 Å². The van der Waals surface area contributed by atoms with Crippen molar-refractivity contribution < 1.29 is 15.2 Å². The summed E-state index contributed by atoms with van der Waals surface area (Å²) in [5.41, 5.74) is 0.967. The van der Waals surface area contributed by atoms with Crippen LogP contribution in [-0.2, 0) is 0 Å². The van der Waals surface area contributed by atoms with Crippen molar-refractivity contribution in [2.75, 3.05) is 18.5 Å². The van der Waals surface area contributed by atoms with Crippen LogP contribution in [0, 0.1) is 4.91 Å². The number of benzene rings is 1. The fraction of sp³-hybridized carbons (Fsp3) is 0.250. The summed E-state index contributed by atoms with van der Waals surface area (Å²) in [6.45, 7) is 0.509. The summed E-state index contributed by atoms with van der Waals surface area (Å²) >= 11 is 0. The van der Waals surface area contributed by atoms with E-state index in [4.69, 9.17) is 10.3 Å². The lowest BCUT2D eigenvalue weighted by molar-refractivity contribution is -0.729. The summed E-state index contributed by atoms with van der Waals surface area (Å²) in [6, 6.07) is 6.25. The molecule has 0 fully saturated rings. The fourth-order valence-electron chi connectivity index (χ4n) is 0.907. The van der Waals surface area contributed by atoms with Gasteiger partial charge in [-0.05, 0) is 12.1 Å². The standard InChI is InChI=1S/C8H11N2O3/c11-6-5-9-7-1-3-8(4-2-7)10(12)13/h1-4,9,11H,5-6H2,(H,12,13)/q+1. The molecule has 70 valence electrons. The molecule has 0 radical (unpaired) electrons. The Bertz CT molecular complexity index is 284. The van der Waals surface area contributed by atoms with Crippen LogP contribution in [0.4, 0.5) is 11.4 Å². The van der Waals surface area contributed by atoms with Gasteiger partial charge in [0.1, 0.15) is 0 Å². The van der Waals surface area contributed by atoms with Crippen LogP contribution in [0.2, 0.25) is 0 Å². The first-order valence-corrected chi connectivity index (χ1v) is 3.85. The average Bonchev–Trinajstić information content (AvgIpc) is 2.15. The number of aliphatic hydroxyl groups is 1. The van der Waals surface area contributed by atoms with Crippen molar-refractivity contribution in [3.63, 3.8) is 0 Å². The van der Waals surface area contributed by atoms with Crippen LogP contribution in [0.25, 0.3) is 0 Å². The van der Waals surface area contributed by atoms with Crippen molar-refractivity contribution in [3.8, 4) is 0 Å². The highest BCUT2D eigenvalue weighted by Gasteiger charge is 2.08. The van der Waals surface area contributed by atoms with E-state index in [1.54, 1.807) is 12.1 Å². The molecular weight excluding hydrogens is 172 g/mol. The Hall–Kier alpha value is -1.62. The van der Waals surface area contributed by atoms with Crippen LogP contribution >= 0.6 is 0 Å². The predicted octanol–water partition coefficient (Wildman–Crippen LogP) is 0.890. The van der Waals surface area contributed by atoms with E-state index in [2.05, 4.69) is 5.32 Å². The van der Waals surface area contributed by atoms with Crippen LogP contribution in [0.3, 0.4) is 0 Å². The number of hydrogen-bond donors (Lipinski definition) is 3. The predicted molar refractivity (Wildman–Crippen MR) is 47.1 cm³/mol. The molecule has 0 amide bonds. The highest BCUT2D eigenvalue weighted by molar-refractivity contribution is 5.48. The maximum atomic E-state index is 10.4. The van der Waals surface area contributed by atoms with Crippen molar-refractivity contribution in [2.24, 2.45) is 0 Å². The quantitative estimate of drug-likeness (QED) is 0.606. The van der Waals surface area contributed by atoms with Gasteiger partial charge in [-0.3, -0.25) is 0 Å². The minimum absolute atomic E-state index is 0.0510. The Labute approximate surface area is 75.2 Å². The molecule has 1 aromatic rings. The number of hydrogen-bond acceptors (Lipinski definition) is 3.